The minimum absolute atomic E-state index is 0.000732. The summed E-state index contributed by atoms with van der Waals surface area (Å²) in [4.78, 5) is 52.1. The van der Waals surface area contributed by atoms with Gasteiger partial charge in [0.15, 0.2) is 17.4 Å². The number of fused-ring (bicyclic) bond motifs is 1. The molecule has 0 radical (unpaired) electrons. The predicted molar refractivity (Wildman–Crippen MR) is 141 cm³/mol. The summed E-state index contributed by atoms with van der Waals surface area (Å²) in [5.74, 6) is 0.0217. The highest BCUT2D eigenvalue weighted by Gasteiger charge is 2.48. The Morgan fingerprint density at radius 1 is 0.933 bits per heavy atom. The summed E-state index contributed by atoms with van der Waals surface area (Å²) in [6.45, 7) is -1.90. The molecule has 2 aromatic heterocycles. The van der Waals surface area contributed by atoms with Gasteiger partial charge in [-0.15, -0.1) is 0 Å². The number of aliphatic hydroxyl groups is 4. The zero-order valence-electron chi connectivity index (χ0n) is 22.4. The van der Waals surface area contributed by atoms with Crippen molar-refractivity contribution in [2.45, 2.75) is 49.1 Å². The Labute approximate surface area is 249 Å². The minimum atomic E-state index is -5.41. The Morgan fingerprint density at radius 3 is 2.16 bits per heavy atom. The van der Waals surface area contributed by atoms with Crippen molar-refractivity contribution in [3.8, 4) is 5.75 Å². The van der Waals surface area contributed by atoms with Gasteiger partial charge < -0.3 is 49.4 Å². The molecular formula is C21H25N5O17P2. The maximum absolute atomic E-state index is 12.4. The number of imidazole rings is 1. The number of nitro groups is 1. The average molecular weight is 681 g/mol. The van der Waals surface area contributed by atoms with Crippen LogP contribution < -0.4 is 10.3 Å². The second kappa shape index (κ2) is 12.9. The molecule has 45 heavy (non-hydrogen) atoms. The maximum Gasteiger partial charge on any atom is 0.481 e. The topological polar surface area (TPSA) is 318 Å². The van der Waals surface area contributed by atoms with Gasteiger partial charge in [-0.05, 0) is 12.1 Å². The summed E-state index contributed by atoms with van der Waals surface area (Å²) in [5, 5.41) is 52.0. The Bertz CT molecular complexity index is 1690. The van der Waals surface area contributed by atoms with Crippen LogP contribution in [0.4, 0.5) is 5.69 Å². The number of hydrogen-bond donors (Lipinski definition) is 7. The smallest absolute Gasteiger partial charge is 0.462 e. The van der Waals surface area contributed by atoms with Crippen LogP contribution in [-0.4, -0.2) is 111 Å². The molecule has 3 aromatic rings. The van der Waals surface area contributed by atoms with Crippen LogP contribution in [0.3, 0.4) is 0 Å². The van der Waals surface area contributed by atoms with Crippen molar-refractivity contribution in [3.05, 3.63) is 57.4 Å². The van der Waals surface area contributed by atoms with Crippen LogP contribution in [0.15, 0.2) is 41.7 Å². The van der Waals surface area contributed by atoms with Gasteiger partial charge in [-0.3, -0.25) is 28.5 Å². The highest BCUT2D eigenvalue weighted by molar-refractivity contribution is 7.61. The number of ether oxygens (including phenoxy) is 3. The minimum Gasteiger partial charge on any atom is -0.462 e. The van der Waals surface area contributed by atoms with Crippen molar-refractivity contribution in [1.82, 2.24) is 19.5 Å². The first-order valence-electron chi connectivity index (χ1n) is 12.7. The zero-order chi connectivity index (χ0) is 32.7. The molecule has 1 aromatic carbocycles. The second-order valence-corrected chi connectivity index (χ2v) is 12.6. The van der Waals surface area contributed by atoms with Crippen molar-refractivity contribution in [2.75, 3.05) is 13.2 Å². The quantitative estimate of drug-likeness (QED) is 0.0644. The number of H-pyrrole nitrogens is 1. The molecular weight excluding hydrogens is 656 g/mol. The van der Waals surface area contributed by atoms with E-state index in [1.165, 1.54) is 12.1 Å². The number of benzene rings is 1. The highest BCUT2D eigenvalue weighted by Crippen LogP contribution is 2.60. The van der Waals surface area contributed by atoms with E-state index in [1.807, 2.05) is 0 Å². The lowest BCUT2D eigenvalue weighted by molar-refractivity contribution is -0.384. The zero-order valence-corrected chi connectivity index (χ0v) is 24.1. The van der Waals surface area contributed by atoms with E-state index >= 15 is 0 Å². The number of aromatic amines is 1. The molecule has 24 heteroatoms. The van der Waals surface area contributed by atoms with E-state index in [4.69, 9.17) is 14.2 Å². The molecule has 0 saturated carbocycles. The van der Waals surface area contributed by atoms with Gasteiger partial charge >= 0.3 is 15.6 Å². The summed E-state index contributed by atoms with van der Waals surface area (Å²) < 4.78 is 55.5. The number of aliphatic hydroxyl groups excluding tert-OH is 4. The molecule has 2 aliphatic rings. The van der Waals surface area contributed by atoms with Crippen molar-refractivity contribution in [1.29, 1.82) is 0 Å². The molecule has 5 rings (SSSR count). The molecule has 2 aliphatic heterocycles. The predicted octanol–water partition coefficient (Wildman–Crippen LogP) is -1.58. The van der Waals surface area contributed by atoms with E-state index < -0.39 is 88.5 Å². The first-order chi connectivity index (χ1) is 21.2. The fourth-order valence-corrected chi connectivity index (χ4v) is 6.48. The number of rotatable bonds is 12. The van der Waals surface area contributed by atoms with Crippen LogP contribution in [0.2, 0.25) is 0 Å². The lowest BCUT2D eigenvalue weighted by atomic mass is 10.1. The van der Waals surface area contributed by atoms with Crippen LogP contribution in [0.25, 0.3) is 11.2 Å². The van der Waals surface area contributed by atoms with Gasteiger partial charge in [-0.2, -0.15) is 4.31 Å². The molecule has 22 nitrogen and oxygen atoms in total. The fraction of sp³-hybridized carbons (Fsp3) is 0.476. The van der Waals surface area contributed by atoms with Gasteiger partial charge in [0.05, 0.1) is 30.8 Å². The van der Waals surface area contributed by atoms with Crippen LogP contribution in [0.1, 0.15) is 6.23 Å². The molecule has 4 heterocycles. The number of aromatic nitrogens is 4. The largest absolute Gasteiger partial charge is 0.481 e. The molecule has 2 fully saturated rings. The Hall–Kier alpha value is -3.21. The van der Waals surface area contributed by atoms with E-state index in [-0.39, 0.29) is 22.6 Å². The second-order valence-electron chi connectivity index (χ2n) is 9.61. The average Bonchev–Trinajstić information content (AvgIpc) is 3.61. The summed E-state index contributed by atoms with van der Waals surface area (Å²) in [5.41, 5.74) is -0.911. The summed E-state index contributed by atoms with van der Waals surface area (Å²) in [7, 11) is -10.8. The maximum atomic E-state index is 12.4. The molecule has 0 bridgehead atoms. The SMILES string of the molecule is O=c1[nH]cnc2c1ncn2[C@@H]1OC(COP(=O)(O)OP(=O)(O)OCC2OC(Oc3ccc([N+](=O)[O-])cc3)[C@H](O)[C@@H]2O)[C@@H](O)[C@H]1O. The molecule has 10 atom stereocenters. The first kappa shape index (κ1) is 33.2. The van der Waals surface area contributed by atoms with E-state index in [2.05, 4.69) is 28.3 Å². The lowest BCUT2D eigenvalue weighted by Crippen LogP contribution is -2.35. The number of nitro benzene ring substituents is 1. The van der Waals surface area contributed by atoms with Gasteiger partial charge in [-0.1, -0.05) is 0 Å². The van der Waals surface area contributed by atoms with E-state index in [0.29, 0.717) is 0 Å². The number of phosphoric ester groups is 2. The molecule has 0 aliphatic carbocycles. The van der Waals surface area contributed by atoms with Crippen molar-refractivity contribution in [2.24, 2.45) is 0 Å². The van der Waals surface area contributed by atoms with Crippen molar-refractivity contribution >= 4 is 32.5 Å². The van der Waals surface area contributed by atoms with Gasteiger partial charge in [0.1, 0.15) is 42.4 Å². The molecule has 7 N–H and O–H groups in total. The summed E-state index contributed by atoms with van der Waals surface area (Å²) in [6, 6.07) is 4.64. The Balaban J connectivity index is 1.13. The van der Waals surface area contributed by atoms with Crippen LogP contribution in [-0.2, 0) is 32.0 Å². The van der Waals surface area contributed by atoms with Crippen LogP contribution in [0.5, 0.6) is 5.75 Å². The van der Waals surface area contributed by atoms with Crippen LogP contribution >= 0.6 is 15.6 Å². The van der Waals surface area contributed by atoms with Crippen molar-refractivity contribution < 1.29 is 71.8 Å². The van der Waals surface area contributed by atoms with Gasteiger partial charge in [0.25, 0.3) is 11.2 Å². The third kappa shape index (κ3) is 7.28. The monoisotopic (exact) mass is 681 g/mol. The fourth-order valence-electron chi connectivity index (χ4n) is 4.39. The van der Waals surface area contributed by atoms with E-state index in [0.717, 1.165) is 29.4 Å². The number of hydrogen-bond acceptors (Lipinski definition) is 17. The summed E-state index contributed by atoms with van der Waals surface area (Å²) in [6.07, 6.45) is -10.5. The van der Waals surface area contributed by atoms with Crippen molar-refractivity contribution in [3.63, 3.8) is 0 Å². The number of non-ortho nitro benzene ring substituents is 1. The summed E-state index contributed by atoms with van der Waals surface area (Å²) >= 11 is 0. The Morgan fingerprint density at radius 2 is 1.53 bits per heavy atom. The Kier molecular flexibility index (Phi) is 9.50. The van der Waals surface area contributed by atoms with Gasteiger partial charge in [-0.25, -0.2) is 19.1 Å². The molecule has 246 valence electrons. The first-order valence-corrected chi connectivity index (χ1v) is 15.7. The van der Waals surface area contributed by atoms with E-state index in [9.17, 15) is 54.3 Å². The molecule has 0 spiro atoms. The van der Waals surface area contributed by atoms with Gasteiger partial charge in [0, 0.05) is 12.1 Å². The lowest BCUT2D eigenvalue weighted by Gasteiger charge is -2.20. The molecule has 0 amide bonds. The molecule has 2 saturated heterocycles. The standard InChI is InChI=1S/C21H25N5O17P2/c27-14-11(41-20(16(14)29)25-8-24-13-18(25)22-7-23-19(13)31)5-38-44(34,35)43-45(36,37)39-6-12-15(28)17(30)21(42-12)40-10-3-1-9(2-4-10)26(32)33/h1-4,7-8,11-12,14-17,20-21,27-30H,5-6H2,(H,34,35)(H,36,37)(H,22,23,31)/t11?,12?,14-,15-,16-,17-,20-,21?/m1/s1. The number of nitrogens with zero attached hydrogens (tertiary/aromatic N) is 4. The number of nitrogens with one attached hydrogen (secondary N) is 1. The van der Waals surface area contributed by atoms with E-state index in [1.54, 1.807) is 0 Å². The van der Waals surface area contributed by atoms with Crippen LogP contribution in [0, 0.1) is 10.1 Å². The van der Waals surface area contributed by atoms with Gasteiger partial charge in [0.2, 0.25) is 6.29 Å². The third-order valence-electron chi connectivity index (χ3n) is 6.61. The number of phosphoric acid groups is 2. The highest BCUT2D eigenvalue weighted by atomic mass is 31.3. The normalized spacial score (nSPS) is 31.1. The third-order valence-corrected chi connectivity index (χ3v) is 9.21. The molecule has 5 unspecified atom stereocenters.